The number of aliphatic hydroxyl groups excluding tert-OH is 1. The van der Waals surface area contributed by atoms with Crippen LogP contribution in [-0.4, -0.2) is 24.1 Å². The molecule has 0 heterocycles. The average Bonchev–Trinajstić information content (AvgIpc) is 2.26. The van der Waals surface area contributed by atoms with Crippen molar-refractivity contribution in [3.63, 3.8) is 0 Å². The van der Waals surface area contributed by atoms with Gasteiger partial charge in [-0.2, -0.15) is 0 Å². The molecule has 0 aliphatic rings. The fraction of sp³-hybridized carbons (Fsp3) is 0.500. The van der Waals surface area contributed by atoms with Crippen molar-refractivity contribution in [2.75, 3.05) is 18.0 Å². The number of carbonyl (C=O) groups excluding carboxylic acids is 1. The van der Waals surface area contributed by atoms with Gasteiger partial charge in [-0.05, 0) is 18.9 Å². The first-order valence-electron chi connectivity index (χ1n) is 6.22. The zero-order valence-corrected chi connectivity index (χ0v) is 11.3. The number of primary amides is 1. The maximum absolute atomic E-state index is 11.2. The summed E-state index contributed by atoms with van der Waals surface area (Å²) < 4.78 is 0. The normalized spacial score (nSPS) is 12.5. The van der Waals surface area contributed by atoms with E-state index in [0.29, 0.717) is 5.92 Å². The molecule has 3 N–H and O–H groups in total. The number of carbonyl (C=O) groups is 1. The molecule has 0 aliphatic carbocycles. The minimum absolute atomic E-state index is 0.169. The highest BCUT2D eigenvalue weighted by Gasteiger charge is 2.16. The lowest BCUT2D eigenvalue weighted by Crippen LogP contribution is -2.37. The molecule has 0 radical (unpaired) electrons. The third-order valence-electron chi connectivity index (χ3n) is 2.66. The van der Waals surface area contributed by atoms with E-state index >= 15 is 0 Å². The number of anilines is 1. The van der Waals surface area contributed by atoms with Crippen LogP contribution in [0.4, 0.5) is 5.69 Å². The quantitative estimate of drug-likeness (QED) is 0.807. The Labute approximate surface area is 108 Å². The summed E-state index contributed by atoms with van der Waals surface area (Å²) in [6.07, 6.45) is -0.566. The molecule has 1 aromatic rings. The lowest BCUT2D eigenvalue weighted by Gasteiger charge is -2.28. The number of hydrogen-bond donors (Lipinski definition) is 2. The number of rotatable bonds is 6. The van der Waals surface area contributed by atoms with Gasteiger partial charge in [0.15, 0.2) is 0 Å². The Morgan fingerprint density at radius 1 is 1.33 bits per heavy atom. The van der Waals surface area contributed by atoms with Gasteiger partial charge >= 0.3 is 0 Å². The Morgan fingerprint density at radius 2 is 1.94 bits per heavy atom. The number of nitrogens with zero attached hydrogens (tertiary/aromatic N) is 1. The molecule has 0 aliphatic heterocycles. The second kappa shape index (κ2) is 6.40. The van der Waals surface area contributed by atoms with E-state index < -0.39 is 6.10 Å². The highest BCUT2D eigenvalue weighted by molar-refractivity contribution is 5.80. The molecule has 1 rings (SSSR count). The summed E-state index contributed by atoms with van der Waals surface area (Å²) in [5.41, 5.74) is 6.98. The molecule has 1 aromatic carbocycles. The van der Waals surface area contributed by atoms with Gasteiger partial charge in [0.2, 0.25) is 5.91 Å². The van der Waals surface area contributed by atoms with Gasteiger partial charge in [-0.3, -0.25) is 4.79 Å². The van der Waals surface area contributed by atoms with E-state index in [0.717, 1.165) is 17.8 Å². The monoisotopic (exact) mass is 250 g/mol. The highest BCUT2D eigenvalue weighted by atomic mass is 16.3. The van der Waals surface area contributed by atoms with E-state index in [1.165, 1.54) is 0 Å². The number of nitrogens with two attached hydrogens (primary N) is 1. The Hall–Kier alpha value is -1.55. The van der Waals surface area contributed by atoms with E-state index in [2.05, 4.69) is 13.8 Å². The Bertz CT molecular complexity index is 403. The van der Waals surface area contributed by atoms with Crippen molar-refractivity contribution in [2.24, 2.45) is 11.7 Å². The molecule has 4 heteroatoms. The smallest absolute Gasteiger partial charge is 0.236 e. The van der Waals surface area contributed by atoms with Crippen LogP contribution in [0.25, 0.3) is 0 Å². The third kappa shape index (κ3) is 4.04. The van der Waals surface area contributed by atoms with Gasteiger partial charge in [-0.1, -0.05) is 32.0 Å². The molecule has 1 atom stereocenters. The predicted octanol–water partition coefficient (Wildman–Crippen LogP) is 1.69. The maximum atomic E-state index is 11.2. The van der Waals surface area contributed by atoms with Gasteiger partial charge in [0, 0.05) is 17.8 Å². The number of benzene rings is 1. The lowest BCUT2D eigenvalue weighted by atomic mass is 10.1. The maximum Gasteiger partial charge on any atom is 0.236 e. The number of hydrogen-bond acceptors (Lipinski definition) is 3. The standard InChI is InChI=1S/C14H22N2O2/c1-10(2)8-16(9-14(15)18)13-7-5-4-6-12(13)11(3)17/h4-7,10-11,17H,8-9H2,1-3H3,(H2,15,18)/t11-/m0/s1. The SMILES string of the molecule is CC(C)CN(CC(N)=O)c1ccccc1[C@H](C)O. The zero-order chi connectivity index (χ0) is 13.7. The van der Waals surface area contributed by atoms with Crippen LogP contribution in [0.1, 0.15) is 32.4 Å². The van der Waals surface area contributed by atoms with E-state index in [1.54, 1.807) is 6.92 Å². The summed E-state index contributed by atoms with van der Waals surface area (Å²) in [5.74, 6) is 0.0439. The lowest BCUT2D eigenvalue weighted by molar-refractivity contribution is -0.116. The van der Waals surface area contributed by atoms with Gasteiger partial charge in [0.05, 0.1) is 12.6 Å². The minimum Gasteiger partial charge on any atom is -0.389 e. The van der Waals surface area contributed by atoms with E-state index in [-0.39, 0.29) is 12.5 Å². The number of amides is 1. The first-order chi connectivity index (χ1) is 8.41. The van der Waals surface area contributed by atoms with Crippen LogP contribution in [0.3, 0.4) is 0 Å². The first kappa shape index (κ1) is 14.5. The second-order valence-corrected chi connectivity index (χ2v) is 4.98. The third-order valence-corrected chi connectivity index (χ3v) is 2.66. The van der Waals surface area contributed by atoms with Crippen LogP contribution >= 0.6 is 0 Å². The molecule has 0 fully saturated rings. The molecule has 0 unspecified atom stereocenters. The van der Waals surface area contributed by atoms with Crippen molar-refractivity contribution in [2.45, 2.75) is 26.9 Å². The highest BCUT2D eigenvalue weighted by Crippen LogP contribution is 2.26. The summed E-state index contributed by atoms with van der Waals surface area (Å²) in [7, 11) is 0. The van der Waals surface area contributed by atoms with Crippen molar-refractivity contribution in [1.82, 2.24) is 0 Å². The van der Waals surface area contributed by atoms with Crippen LogP contribution in [0, 0.1) is 5.92 Å². The van der Waals surface area contributed by atoms with Gasteiger partial charge < -0.3 is 15.7 Å². The van der Waals surface area contributed by atoms with Gasteiger partial charge in [0.25, 0.3) is 0 Å². The van der Waals surface area contributed by atoms with Crippen molar-refractivity contribution >= 4 is 11.6 Å². The van der Waals surface area contributed by atoms with Crippen LogP contribution in [0.15, 0.2) is 24.3 Å². The van der Waals surface area contributed by atoms with E-state index in [4.69, 9.17) is 5.73 Å². The average molecular weight is 250 g/mol. The van der Waals surface area contributed by atoms with Crippen molar-refractivity contribution in [3.05, 3.63) is 29.8 Å². The summed E-state index contributed by atoms with van der Waals surface area (Å²) >= 11 is 0. The molecule has 0 spiro atoms. The summed E-state index contributed by atoms with van der Waals surface area (Å²) in [5, 5.41) is 9.78. The van der Waals surface area contributed by atoms with Crippen LogP contribution in [-0.2, 0) is 4.79 Å². The van der Waals surface area contributed by atoms with Crippen molar-refractivity contribution in [1.29, 1.82) is 0 Å². The molecule has 1 amide bonds. The van der Waals surface area contributed by atoms with Crippen LogP contribution in [0.2, 0.25) is 0 Å². The molecule has 18 heavy (non-hydrogen) atoms. The summed E-state index contributed by atoms with van der Waals surface area (Å²) in [6.45, 7) is 6.78. The second-order valence-electron chi connectivity index (χ2n) is 4.98. The largest absolute Gasteiger partial charge is 0.389 e. The van der Waals surface area contributed by atoms with Gasteiger partial charge in [-0.15, -0.1) is 0 Å². The summed E-state index contributed by atoms with van der Waals surface area (Å²) in [4.78, 5) is 13.1. The van der Waals surface area contributed by atoms with Crippen LogP contribution in [0.5, 0.6) is 0 Å². The zero-order valence-electron chi connectivity index (χ0n) is 11.3. The molecule has 0 bridgehead atoms. The molecule has 4 nitrogen and oxygen atoms in total. The van der Waals surface area contributed by atoms with E-state index in [1.807, 2.05) is 29.2 Å². The molecule has 0 aromatic heterocycles. The first-order valence-corrected chi connectivity index (χ1v) is 6.22. The van der Waals surface area contributed by atoms with Gasteiger partial charge in [-0.25, -0.2) is 0 Å². The number of para-hydroxylation sites is 1. The molecule has 0 saturated carbocycles. The van der Waals surface area contributed by atoms with Crippen molar-refractivity contribution < 1.29 is 9.90 Å². The Balaban J connectivity index is 3.07. The fourth-order valence-corrected chi connectivity index (χ4v) is 2.01. The predicted molar refractivity (Wildman–Crippen MR) is 73.3 cm³/mol. The van der Waals surface area contributed by atoms with Crippen molar-refractivity contribution in [3.8, 4) is 0 Å². The van der Waals surface area contributed by atoms with Crippen LogP contribution < -0.4 is 10.6 Å². The topological polar surface area (TPSA) is 66.6 Å². The fourth-order valence-electron chi connectivity index (χ4n) is 2.01. The molecule has 100 valence electrons. The Kier molecular flexibility index (Phi) is 5.16. The number of aliphatic hydroxyl groups is 1. The minimum atomic E-state index is -0.566. The molecule has 0 saturated heterocycles. The Morgan fingerprint density at radius 3 is 2.44 bits per heavy atom. The molecular formula is C14H22N2O2. The van der Waals surface area contributed by atoms with Gasteiger partial charge in [0.1, 0.15) is 0 Å². The van der Waals surface area contributed by atoms with E-state index in [9.17, 15) is 9.90 Å². The summed E-state index contributed by atoms with van der Waals surface area (Å²) in [6, 6.07) is 7.56. The molecular weight excluding hydrogens is 228 g/mol.